The van der Waals surface area contributed by atoms with Crippen LogP contribution in [0.5, 0.6) is 0 Å². The van der Waals surface area contributed by atoms with E-state index in [0.717, 1.165) is 6.92 Å². The van der Waals surface area contributed by atoms with Crippen molar-refractivity contribution in [2.24, 2.45) is 5.92 Å². The minimum absolute atomic E-state index is 0.354. The quantitative estimate of drug-likeness (QED) is 0.0931. The molecule has 0 saturated heterocycles. The fourth-order valence-corrected chi connectivity index (χ4v) is 3.70. The van der Waals surface area contributed by atoms with Crippen LogP contribution >= 0.6 is 0 Å². The Morgan fingerprint density at radius 3 is 1.62 bits per heavy atom. The van der Waals surface area contributed by atoms with E-state index in [4.69, 9.17) is 0 Å². The van der Waals surface area contributed by atoms with E-state index in [1.807, 2.05) is 0 Å². The van der Waals surface area contributed by atoms with Gasteiger partial charge in [0.15, 0.2) is 34.3 Å². The standard InChI is InChI=1S/C24H41N3O10/c1-9-12(2)17(27-8)19(31)23(36,11-16(29)22(5,35)18(30)14(4)26-7)20(32)24(37,21(33)34)10-15(28)13(3)25-6/h12-14,17,25-27,35-37H,9-11H2,1-8H3,(H,33,34)/t12?,13-,14-,17-,22?,23?,24?/m1/s1. The van der Waals surface area contributed by atoms with E-state index in [9.17, 15) is 49.2 Å². The van der Waals surface area contributed by atoms with Crippen LogP contribution in [0.3, 0.4) is 0 Å². The van der Waals surface area contributed by atoms with Crippen molar-refractivity contribution < 1.29 is 49.2 Å². The molecule has 13 nitrogen and oxygen atoms in total. The fraction of sp³-hybridized carbons (Fsp3) is 0.750. The van der Waals surface area contributed by atoms with E-state index >= 15 is 0 Å². The molecule has 0 amide bonds. The van der Waals surface area contributed by atoms with Crippen LogP contribution < -0.4 is 16.0 Å². The summed E-state index contributed by atoms with van der Waals surface area (Å²) in [5.41, 5.74) is -9.91. The summed E-state index contributed by atoms with van der Waals surface area (Å²) in [6.07, 6.45) is -2.50. The van der Waals surface area contributed by atoms with Crippen LogP contribution in [0, 0.1) is 5.92 Å². The lowest BCUT2D eigenvalue weighted by Gasteiger charge is -2.36. The van der Waals surface area contributed by atoms with Gasteiger partial charge in [0.25, 0.3) is 0 Å². The molecule has 7 atom stereocenters. The van der Waals surface area contributed by atoms with E-state index < -0.39 is 88.6 Å². The van der Waals surface area contributed by atoms with Crippen molar-refractivity contribution >= 4 is 34.9 Å². The van der Waals surface area contributed by atoms with Gasteiger partial charge >= 0.3 is 5.97 Å². The third-order valence-electron chi connectivity index (χ3n) is 6.93. The van der Waals surface area contributed by atoms with Gasteiger partial charge in [-0.05, 0) is 47.8 Å². The maximum atomic E-state index is 13.5. The van der Waals surface area contributed by atoms with Gasteiger partial charge in [-0.3, -0.25) is 24.0 Å². The highest BCUT2D eigenvalue weighted by Crippen LogP contribution is 2.30. The molecule has 7 N–H and O–H groups in total. The summed E-state index contributed by atoms with van der Waals surface area (Å²) in [4.78, 5) is 77.2. The minimum atomic E-state index is -3.60. The zero-order valence-electron chi connectivity index (χ0n) is 22.7. The molecule has 0 aliphatic rings. The maximum Gasteiger partial charge on any atom is 0.344 e. The number of hydrogen-bond donors (Lipinski definition) is 7. The molecule has 0 heterocycles. The molecule has 0 aromatic carbocycles. The summed E-state index contributed by atoms with van der Waals surface area (Å²) in [6, 6.07) is -3.34. The van der Waals surface area contributed by atoms with Crippen LogP contribution in [0.4, 0.5) is 0 Å². The van der Waals surface area contributed by atoms with Crippen molar-refractivity contribution in [1.82, 2.24) is 16.0 Å². The highest BCUT2D eigenvalue weighted by Gasteiger charge is 2.61. The van der Waals surface area contributed by atoms with Gasteiger partial charge in [-0.15, -0.1) is 0 Å². The lowest BCUT2D eigenvalue weighted by atomic mass is 9.71. The second-order valence-corrected chi connectivity index (χ2v) is 9.57. The average molecular weight is 532 g/mol. The molecule has 0 aliphatic heterocycles. The number of nitrogens with one attached hydrogen (secondary N) is 3. The van der Waals surface area contributed by atoms with Crippen LogP contribution in [0.15, 0.2) is 0 Å². The van der Waals surface area contributed by atoms with Gasteiger partial charge in [-0.2, -0.15) is 0 Å². The number of carboxylic acid groups (broad SMARTS) is 1. The summed E-state index contributed by atoms with van der Waals surface area (Å²) in [5.74, 6) is -9.60. The third kappa shape index (κ3) is 7.33. The Kier molecular flexibility index (Phi) is 12.5. The summed E-state index contributed by atoms with van der Waals surface area (Å²) in [5, 5.41) is 50.4. The lowest BCUT2D eigenvalue weighted by Crippen LogP contribution is -2.67. The van der Waals surface area contributed by atoms with Gasteiger partial charge in [-0.1, -0.05) is 20.3 Å². The third-order valence-corrected chi connectivity index (χ3v) is 6.93. The van der Waals surface area contributed by atoms with E-state index in [0.29, 0.717) is 6.42 Å². The number of rotatable bonds is 18. The molecule has 0 bridgehead atoms. The van der Waals surface area contributed by atoms with E-state index in [2.05, 4.69) is 16.0 Å². The van der Waals surface area contributed by atoms with Gasteiger partial charge in [0.2, 0.25) is 11.4 Å². The number of aliphatic hydroxyl groups is 3. The molecular formula is C24H41N3O10. The second-order valence-electron chi connectivity index (χ2n) is 9.57. The Bertz CT molecular complexity index is 905. The number of carbonyl (C=O) groups is 6. The number of Topliss-reactive ketones (excluding diaryl/α,β-unsaturated/α-hetero) is 5. The van der Waals surface area contributed by atoms with Crippen LogP contribution in [0.2, 0.25) is 0 Å². The van der Waals surface area contributed by atoms with Crippen molar-refractivity contribution in [3.63, 3.8) is 0 Å². The Morgan fingerprint density at radius 1 is 0.757 bits per heavy atom. The molecule has 0 aromatic heterocycles. The average Bonchev–Trinajstić information content (AvgIpc) is 2.85. The summed E-state index contributed by atoms with van der Waals surface area (Å²) < 4.78 is 0. The van der Waals surface area contributed by atoms with Crippen molar-refractivity contribution in [1.29, 1.82) is 0 Å². The maximum absolute atomic E-state index is 13.5. The molecule has 0 aliphatic carbocycles. The highest BCUT2D eigenvalue weighted by molar-refractivity contribution is 6.25. The number of carbonyl (C=O) groups excluding carboxylic acids is 5. The Labute approximate surface area is 216 Å². The first-order valence-electron chi connectivity index (χ1n) is 11.9. The predicted octanol–water partition coefficient (Wildman–Crippen LogP) is -2.24. The molecule has 0 radical (unpaired) electrons. The van der Waals surface area contributed by atoms with Crippen LogP contribution in [-0.4, -0.2) is 111 Å². The number of aliphatic carboxylic acids is 1. The monoisotopic (exact) mass is 531 g/mol. The molecule has 0 spiro atoms. The molecule has 37 heavy (non-hydrogen) atoms. The van der Waals surface area contributed by atoms with Crippen molar-refractivity contribution in [2.45, 2.75) is 88.8 Å². The van der Waals surface area contributed by atoms with Crippen LogP contribution in [0.1, 0.15) is 53.9 Å². The highest BCUT2D eigenvalue weighted by atomic mass is 16.4. The summed E-state index contributed by atoms with van der Waals surface area (Å²) >= 11 is 0. The summed E-state index contributed by atoms with van der Waals surface area (Å²) in [7, 11) is 4.08. The Balaban J connectivity index is 6.93. The molecule has 0 fully saturated rings. The molecule has 0 saturated carbocycles. The van der Waals surface area contributed by atoms with E-state index in [1.165, 1.54) is 35.0 Å². The van der Waals surface area contributed by atoms with Crippen LogP contribution in [0.25, 0.3) is 0 Å². The largest absolute Gasteiger partial charge is 0.479 e. The predicted molar refractivity (Wildman–Crippen MR) is 132 cm³/mol. The molecule has 212 valence electrons. The molecule has 13 heteroatoms. The smallest absolute Gasteiger partial charge is 0.344 e. The Morgan fingerprint density at radius 2 is 1.24 bits per heavy atom. The first-order chi connectivity index (χ1) is 16.8. The van der Waals surface area contributed by atoms with Gasteiger partial charge in [0.1, 0.15) is 0 Å². The summed E-state index contributed by atoms with van der Waals surface area (Å²) in [6.45, 7) is 6.77. The van der Waals surface area contributed by atoms with Crippen molar-refractivity contribution in [3.8, 4) is 0 Å². The lowest BCUT2D eigenvalue weighted by molar-refractivity contribution is -0.181. The number of hydrogen-bond acceptors (Lipinski definition) is 12. The SMILES string of the molecule is CCC(C)[C@@H](NC)C(=O)C(O)(CC(=O)C(C)(O)C(=O)[C@@H](C)NC)C(=O)C(O)(CC(=O)[C@@H](C)NC)C(=O)O. The number of carboxylic acids is 1. The fourth-order valence-electron chi connectivity index (χ4n) is 3.70. The van der Waals surface area contributed by atoms with E-state index in [-0.39, 0.29) is 0 Å². The van der Waals surface area contributed by atoms with Gasteiger partial charge in [0.05, 0.1) is 31.0 Å². The topological polar surface area (TPSA) is 219 Å². The van der Waals surface area contributed by atoms with Gasteiger partial charge < -0.3 is 36.4 Å². The second kappa shape index (κ2) is 13.4. The number of ketones is 5. The first-order valence-corrected chi connectivity index (χ1v) is 11.9. The normalized spacial score (nSPS) is 19.8. The zero-order valence-corrected chi connectivity index (χ0v) is 22.7. The zero-order chi connectivity index (χ0) is 29.5. The minimum Gasteiger partial charge on any atom is -0.479 e. The van der Waals surface area contributed by atoms with Gasteiger partial charge in [0, 0.05) is 0 Å². The molecule has 4 unspecified atom stereocenters. The number of likely N-dealkylation sites (N-methyl/N-ethyl adjacent to an activating group) is 3. The van der Waals surface area contributed by atoms with Crippen molar-refractivity contribution in [2.75, 3.05) is 21.1 Å². The molecular weight excluding hydrogens is 490 g/mol. The Hall–Kier alpha value is -2.42. The molecule has 0 aromatic rings. The van der Waals surface area contributed by atoms with E-state index in [1.54, 1.807) is 13.8 Å². The van der Waals surface area contributed by atoms with Crippen LogP contribution in [-0.2, 0) is 28.8 Å². The first kappa shape index (κ1) is 34.6. The van der Waals surface area contributed by atoms with Crippen molar-refractivity contribution in [3.05, 3.63) is 0 Å². The van der Waals surface area contributed by atoms with Gasteiger partial charge in [-0.25, -0.2) is 4.79 Å². The molecule has 0 rings (SSSR count).